The van der Waals surface area contributed by atoms with Crippen molar-refractivity contribution in [3.05, 3.63) is 48.0 Å². The Morgan fingerprint density at radius 1 is 1.00 bits per heavy atom. The molecular weight excluding hydrogens is 380 g/mol. The van der Waals surface area contributed by atoms with Gasteiger partial charge in [0.05, 0.1) is 21.3 Å². The summed E-state index contributed by atoms with van der Waals surface area (Å²) in [7, 11) is 4.92. The first-order valence-corrected chi connectivity index (χ1v) is 10.3. The van der Waals surface area contributed by atoms with Crippen molar-refractivity contribution in [2.24, 2.45) is 16.6 Å². The zero-order chi connectivity index (χ0) is 21.3. The molecule has 3 rings (SSSR count). The van der Waals surface area contributed by atoms with E-state index in [-0.39, 0.29) is 0 Å². The van der Waals surface area contributed by atoms with Crippen LogP contribution in [0.1, 0.15) is 18.4 Å². The third-order valence-corrected chi connectivity index (χ3v) is 5.45. The van der Waals surface area contributed by atoms with Crippen LogP contribution in [0.25, 0.3) is 0 Å². The molecule has 1 aliphatic heterocycles. The van der Waals surface area contributed by atoms with Gasteiger partial charge in [-0.3, -0.25) is 9.89 Å². The summed E-state index contributed by atoms with van der Waals surface area (Å²) in [4.78, 5) is 7.04. The maximum Gasteiger partial charge on any atom is 0.193 e. The molecule has 1 heterocycles. The minimum atomic E-state index is 0.419. The molecule has 30 heavy (non-hydrogen) atoms. The molecule has 0 saturated carbocycles. The predicted octanol–water partition coefficient (Wildman–Crippen LogP) is 3.35. The molecule has 7 nitrogen and oxygen atoms in total. The smallest absolute Gasteiger partial charge is 0.193 e. The largest absolute Gasteiger partial charge is 0.497 e. The van der Waals surface area contributed by atoms with E-state index in [1.54, 1.807) is 21.3 Å². The number of nitrogens with one attached hydrogen (secondary N) is 1. The summed E-state index contributed by atoms with van der Waals surface area (Å²) < 4.78 is 15.8. The first kappa shape index (κ1) is 21.8. The molecule has 7 heteroatoms. The van der Waals surface area contributed by atoms with Crippen molar-refractivity contribution in [1.82, 2.24) is 4.90 Å². The van der Waals surface area contributed by atoms with Crippen molar-refractivity contribution >= 4 is 11.6 Å². The number of benzene rings is 2. The van der Waals surface area contributed by atoms with Crippen LogP contribution in [-0.2, 0) is 6.54 Å². The van der Waals surface area contributed by atoms with Crippen LogP contribution in [0, 0.1) is 5.92 Å². The van der Waals surface area contributed by atoms with Crippen molar-refractivity contribution in [3.8, 4) is 17.2 Å². The molecule has 0 aromatic heterocycles. The quantitative estimate of drug-likeness (QED) is 0.511. The average molecular weight is 413 g/mol. The molecule has 0 spiro atoms. The van der Waals surface area contributed by atoms with Gasteiger partial charge in [-0.25, -0.2) is 0 Å². The van der Waals surface area contributed by atoms with E-state index in [0.29, 0.717) is 23.4 Å². The molecule has 2 aromatic carbocycles. The molecule has 0 bridgehead atoms. The molecule has 162 valence electrons. The van der Waals surface area contributed by atoms with Gasteiger partial charge in [0.1, 0.15) is 5.75 Å². The van der Waals surface area contributed by atoms with Crippen LogP contribution >= 0.6 is 0 Å². The Hall–Kier alpha value is -2.93. The zero-order valence-electron chi connectivity index (χ0n) is 18.1. The number of likely N-dealkylation sites (tertiary alicyclic amines) is 1. The average Bonchev–Trinajstić information content (AvgIpc) is 2.79. The number of aliphatic imine (C=N–C) groups is 1. The number of guanidine groups is 1. The SMILES string of the molecule is COc1ccc(CN2CCC(CN=C(N)Nc3ccc(OC)c(OC)c3)CC2)cc1. The fraction of sp³-hybridized carbons (Fsp3) is 0.435. The van der Waals surface area contributed by atoms with Gasteiger partial charge in [-0.1, -0.05) is 12.1 Å². The molecule has 2 aromatic rings. The summed E-state index contributed by atoms with van der Waals surface area (Å²) in [5.74, 6) is 3.21. The van der Waals surface area contributed by atoms with E-state index in [4.69, 9.17) is 19.9 Å². The van der Waals surface area contributed by atoms with E-state index in [1.165, 1.54) is 5.56 Å². The van der Waals surface area contributed by atoms with Gasteiger partial charge >= 0.3 is 0 Å². The Morgan fingerprint density at radius 3 is 2.33 bits per heavy atom. The van der Waals surface area contributed by atoms with E-state index in [9.17, 15) is 0 Å². The summed E-state index contributed by atoms with van der Waals surface area (Å²) in [6.07, 6.45) is 2.26. The predicted molar refractivity (Wildman–Crippen MR) is 121 cm³/mol. The van der Waals surface area contributed by atoms with E-state index in [0.717, 1.165) is 50.5 Å². The highest BCUT2D eigenvalue weighted by molar-refractivity contribution is 5.92. The third kappa shape index (κ3) is 6.03. The van der Waals surface area contributed by atoms with Crippen molar-refractivity contribution in [2.75, 3.05) is 46.3 Å². The van der Waals surface area contributed by atoms with E-state index >= 15 is 0 Å². The minimum absolute atomic E-state index is 0.419. The Morgan fingerprint density at radius 2 is 1.70 bits per heavy atom. The number of ether oxygens (including phenoxy) is 3. The third-order valence-electron chi connectivity index (χ3n) is 5.45. The Kier molecular flexibility index (Phi) is 7.79. The highest BCUT2D eigenvalue weighted by Crippen LogP contribution is 2.29. The van der Waals surface area contributed by atoms with Crippen molar-refractivity contribution in [1.29, 1.82) is 0 Å². The first-order valence-electron chi connectivity index (χ1n) is 10.3. The van der Waals surface area contributed by atoms with Crippen LogP contribution in [0.3, 0.4) is 0 Å². The van der Waals surface area contributed by atoms with Crippen molar-refractivity contribution in [2.45, 2.75) is 19.4 Å². The molecule has 1 saturated heterocycles. The van der Waals surface area contributed by atoms with Crippen molar-refractivity contribution < 1.29 is 14.2 Å². The van der Waals surface area contributed by atoms with Crippen LogP contribution in [0.2, 0.25) is 0 Å². The van der Waals surface area contributed by atoms with Crippen LogP contribution in [0.5, 0.6) is 17.2 Å². The lowest BCUT2D eigenvalue weighted by Gasteiger charge is -2.31. The van der Waals surface area contributed by atoms with E-state index in [1.807, 2.05) is 30.3 Å². The molecule has 0 radical (unpaired) electrons. The molecule has 3 N–H and O–H groups in total. The highest BCUT2D eigenvalue weighted by atomic mass is 16.5. The molecular formula is C23H32N4O3. The molecule has 0 atom stereocenters. The Bertz CT molecular complexity index is 831. The van der Waals surface area contributed by atoms with Gasteiger partial charge in [-0.05, 0) is 61.7 Å². The minimum Gasteiger partial charge on any atom is -0.497 e. The molecule has 0 unspecified atom stereocenters. The topological polar surface area (TPSA) is 81.3 Å². The number of hydrogen-bond acceptors (Lipinski definition) is 5. The van der Waals surface area contributed by atoms with Crippen LogP contribution in [0.15, 0.2) is 47.5 Å². The van der Waals surface area contributed by atoms with Crippen LogP contribution in [-0.4, -0.2) is 51.8 Å². The fourth-order valence-electron chi connectivity index (χ4n) is 3.65. The maximum atomic E-state index is 6.08. The number of hydrogen-bond donors (Lipinski definition) is 2. The summed E-state index contributed by atoms with van der Waals surface area (Å²) in [5.41, 5.74) is 8.22. The van der Waals surface area contributed by atoms with E-state index in [2.05, 4.69) is 27.3 Å². The lowest BCUT2D eigenvalue weighted by atomic mass is 9.96. The Balaban J connectivity index is 1.44. The van der Waals surface area contributed by atoms with Gasteiger partial charge in [0.25, 0.3) is 0 Å². The maximum absolute atomic E-state index is 6.08. The van der Waals surface area contributed by atoms with Crippen LogP contribution in [0.4, 0.5) is 5.69 Å². The second-order valence-electron chi connectivity index (χ2n) is 7.49. The number of anilines is 1. The normalized spacial score (nSPS) is 15.6. The van der Waals surface area contributed by atoms with Gasteiger partial charge in [-0.2, -0.15) is 0 Å². The van der Waals surface area contributed by atoms with Crippen LogP contribution < -0.4 is 25.3 Å². The lowest BCUT2D eigenvalue weighted by molar-refractivity contribution is 0.180. The number of rotatable bonds is 8. The van der Waals surface area contributed by atoms with E-state index < -0.39 is 0 Å². The molecule has 0 amide bonds. The molecule has 0 aliphatic carbocycles. The lowest BCUT2D eigenvalue weighted by Crippen LogP contribution is -2.34. The first-order chi connectivity index (χ1) is 14.6. The van der Waals surface area contributed by atoms with Gasteiger partial charge in [0.2, 0.25) is 0 Å². The second-order valence-corrected chi connectivity index (χ2v) is 7.49. The van der Waals surface area contributed by atoms with Gasteiger partial charge < -0.3 is 25.3 Å². The number of methoxy groups -OCH3 is 3. The fourth-order valence-corrected chi connectivity index (χ4v) is 3.65. The molecule has 1 aliphatic rings. The number of nitrogens with two attached hydrogens (primary N) is 1. The summed E-state index contributed by atoms with van der Waals surface area (Å²) in [6, 6.07) is 13.9. The standard InChI is InChI=1S/C23H32N4O3/c1-28-20-7-4-18(5-8-20)16-27-12-10-17(11-13-27)15-25-23(24)26-19-6-9-21(29-2)22(14-19)30-3/h4-9,14,17H,10-13,15-16H2,1-3H3,(H3,24,25,26). The number of piperidine rings is 1. The summed E-state index contributed by atoms with van der Waals surface area (Å²) in [6.45, 7) is 3.87. The van der Waals surface area contributed by atoms with Gasteiger partial charge in [-0.15, -0.1) is 0 Å². The summed E-state index contributed by atoms with van der Waals surface area (Å²) in [5, 5.41) is 3.13. The van der Waals surface area contributed by atoms with Crippen molar-refractivity contribution in [3.63, 3.8) is 0 Å². The van der Waals surface area contributed by atoms with Gasteiger partial charge in [0, 0.05) is 24.8 Å². The Labute approximate surface area is 178 Å². The summed E-state index contributed by atoms with van der Waals surface area (Å²) >= 11 is 0. The second kappa shape index (κ2) is 10.7. The zero-order valence-corrected chi connectivity index (χ0v) is 18.1. The monoisotopic (exact) mass is 412 g/mol. The number of nitrogens with zero attached hydrogens (tertiary/aromatic N) is 2. The van der Waals surface area contributed by atoms with Gasteiger partial charge in [0.15, 0.2) is 17.5 Å². The molecule has 1 fully saturated rings. The highest BCUT2D eigenvalue weighted by Gasteiger charge is 2.19.